The molecule has 17 heavy (non-hydrogen) atoms. The Kier molecular flexibility index (Phi) is 3.65. The third-order valence-corrected chi connectivity index (χ3v) is 3.72. The number of amides is 1. The zero-order chi connectivity index (χ0) is 12.4. The maximum absolute atomic E-state index is 11.8. The smallest absolute Gasteiger partial charge is 0.266 e. The van der Waals surface area contributed by atoms with E-state index in [1.807, 2.05) is 27.5 Å². The first-order chi connectivity index (χ1) is 8.09. The number of hydrogen-bond acceptors (Lipinski definition) is 4. The Morgan fingerprint density at radius 3 is 2.94 bits per heavy atom. The van der Waals surface area contributed by atoms with Crippen molar-refractivity contribution in [3.05, 3.63) is 20.3 Å². The van der Waals surface area contributed by atoms with E-state index >= 15 is 0 Å². The third kappa shape index (κ3) is 2.59. The van der Waals surface area contributed by atoms with Gasteiger partial charge in [-0.1, -0.05) is 0 Å². The summed E-state index contributed by atoms with van der Waals surface area (Å²) >= 11 is 1.96. The second-order valence-corrected chi connectivity index (χ2v) is 5.04. The lowest BCUT2D eigenvalue weighted by molar-refractivity contribution is -0.127. The Hall–Kier alpha value is -1.12. The summed E-state index contributed by atoms with van der Waals surface area (Å²) < 4.78 is 0.530. The number of hydrogen-bond donors (Lipinski definition) is 1. The molecular weight excluding hydrogens is 335 g/mol. The molecule has 7 heteroatoms. The number of nitrogens with one attached hydrogen (secondary N) is 1. The van der Waals surface area contributed by atoms with Crippen LogP contribution in [0.1, 0.15) is 6.42 Å². The number of halogens is 1. The molecule has 2 heterocycles. The van der Waals surface area contributed by atoms with Crippen molar-refractivity contribution in [2.24, 2.45) is 0 Å². The summed E-state index contributed by atoms with van der Waals surface area (Å²) in [4.78, 5) is 33.5. The number of aromatic amines is 1. The lowest BCUT2D eigenvalue weighted by Gasteiger charge is -2.21. The highest BCUT2D eigenvalue weighted by molar-refractivity contribution is 14.1. The molecule has 0 radical (unpaired) electrons. The van der Waals surface area contributed by atoms with E-state index in [0.717, 1.165) is 19.5 Å². The maximum atomic E-state index is 11.8. The van der Waals surface area contributed by atoms with Crippen molar-refractivity contribution in [3.8, 4) is 0 Å². The van der Waals surface area contributed by atoms with Crippen molar-refractivity contribution in [1.82, 2.24) is 14.9 Å². The summed E-state index contributed by atoms with van der Waals surface area (Å²) in [6.45, 7) is 1.76. The summed E-state index contributed by atoms with van der Waals surface area (Å²) in [5.41, 5.74) is -0.166. The average molecular weight is 348 g/mol. The molecule has 0 atom stereocenters. The molecule has 1 saturated heterocycles. The van der Waals surface area contributed by atoms with E-state index in [9.17, 15) is 9.59 Å². The van der Waals surface area contributed by atoms with Gasteiger partial charge in [0.05, 0.1) is 12.9 Å². The molecule has 1 aliphatic heterocycles. The third-order valence-electron chi connectivity index (χ3n) is 2.75. The zero-order valence-electron chi connectivity index (χ0n) is 9.44. The largest absolute Gasteiger partial charge is 0.346 e. The van der Waals surface area contributed by atoms with Crippen LogP contribution in [0.2, 0.25) is 0 Å². The fraction of sp³-hybridized carbons (Fsp3) is 0.500. The predicted octanol–water partition coefficient (Wildman–Crippen LogP) is 0.0430. The lowest BCUT2D eigenvalue weighted by Crippen LogP contribution is -2.36. The predicted molar refractivity (Wildman–Crippen MR) is 72.0 cm³/mol. The monoisotopic (exact) mass is 348 g/mol. The first kappa shape index (κ1) is 12.3. The molecule has 1 fully saturated rings. The van der Waals surface area contributed by atoms with Crippen molar-refractivity contribution < 1.29 is 4.79 Å². The van der Waals surface area contributed by atoms with Crippen molar-refractivity contribution in [2.45, 2.75) is 6.42 Å². The SMILES string of the molecule is CN1CCCN(c2nc[nH]c(=O)c2I)CC1=O. The average Bonchev–Trinajstić information content (AvgIpc) is 2.46. The molecule has 1 N–H and O–H groups in total. The minimum atomic E-state index is -0.166. The second-order valence-electron chi connectivity index (χ2n) is 3.96. The first-order valence-corrected chi connectivity index (χ1v) is 6.39. The highest BCUT2D eigenvalue weighted by Crippen LogP contribution is 2.17. The molecule has 1 aromatic rings. The fourth-order valence-corrected chi connectivity index (χ4v) is 2.40. The lowest BCUT2D eigenvalue weighted by atomic mass is 10.4. The van der Waals surface area contributed by atoms with E-state index in [1.165, 1.54) is 6.33 Å². The molecule has 2 rings (SSSR count). The van der Waals surface area contributed by atoms with Crippen molar-refractivity contribution in [1.29, 1.82) is 0 Å². The van der Waals surface area contributed by atoms with E-state index in [-0.39, 0.29) is 18.0 Å². The fourth-order valence-electron chi connectivity index (χ4n) is 1.76. The van der Waals surface area contributed by atoms with E-state index < -0.39 is 0 Å². The zero-order valence-corrected chi connectivity index (χ0v) is 11.6. The Morgan fingerprint density at radius 2 is 2.18 bits per heavy atom. The first-order valence-electron chi connectivity index (χ1n) is 5.31. The highest BCUT2D eigenvalue weighted by atomic mass is 127. The van der Waals surface area contributed by atoms with Gasteiger partial charge in [0.2, 0.25) is 5.91 Å². The molecule has 0 saturated carbocycles. The van der Waals surface area contributed by atoms with Gasteiger partial charge in [0, 0.05) is 20.1 Å². The van der Waals surface area contributed by atoms with Gasteiger partial charge in [-0.25, -0.2) is 4.98 Å². The van der Waals surface area contributed by atoms with Gasteiger partial charge in [0.25, 0.3) is 5.56 Å². The van der Waals surface area contributed by atoms with E-state index in [1.54, 1.807) is 11.9 Å². The van der Waals surface area contributed by atoms with E-state index in [2.05, 4.69) is 9.97 Å². The summed E-state index contributed by atoms with van der Waals surface area (Å²) in [6, 6.07) is 0. The minimum absolute atomic E-state index is 0.0559. The van der Waals surface area contributed by atoms with Crippen LogP contribution in [0.25, 0.3) is 0 Å². The number of H-pyrrole nitrogens is 1. The molecule has 0 aromatic carbocycles. The summed E-state index contributed by atoms with van der Waals surface area (Å²) in [7, 11) is 1.79. The molecule has 0 aliphatic carbocycles. The van der Waals surface area contributed by atoms with Gasteiger partial charge in [-0.2, -0.15) is 0 Å². The Labute approximate surface area is 112 Å². The Bertz CT molecular complexity index is 487. The Balaban J connectivity index is 2.30. The van der Waals surface area contributed by atoms with Gasteiger partial charge in [0.1, 0.15) is 9.39 Å². The molecular formula is C10H13IN4O2. The summed E-state index contributed by atoms with van der Waals surface area (Å²) in [5.74, 6) is 0.651. The summed E-state index contributed by atoms with van der Waals surface area (Å²) in [6.07, 6.45) is 2.26. The molecule has 1 aliphatic rings. The van der Waals surface area contributed by atoms with E-state index in [0.29, 0.717) is 9.39 Å². The van der Waals surface area contributed by atoms with Crippen LogP contribution in [-0.4, -0.2) is 47.5 Å². The van der Waals surface area contributed by atoms with Crippen molar-refractivity contribution in [3.63, 3.8) is 0 Å². The van der Waals surface area contributed by atoms with Gasteiger partial charge in [-0.15, -0.1) is 0 Å². The van der Waals surface area contributed by atoms with Gasteiger partial charge < -0.3 is 14.8 Å². The highest BCUT2D eigenvalue weighted by Gasteiger charge is 2.22. The topological polar surface area (TPSA) is 69.3 Å². The van der Waals surface area contributed by atoms with Gasteiger partial charge >= 0.3 is 0 Å². The number of carbonyl (C=O) groups excluding carboxylic acids is 1. The van der Waals surface area contributed by atoms with Gasteiger partial charge in [0.15, 0.2) is 0 Å². The quantitative estimate of drug-likeness (QED) is 0.728. The minimum Gasteiger partial charge on any atom is -0.346 e. The van der Waals surface area contributed by atoms with Crippen LogP contribution < -0.4 is 10.5 Å². The Morgan fingerprint density at radius 1 is 1.41 bits per heavy atom. The molecule has 6 nitrogen and oxygen atoms in total. The van der Waals surface area contributed by atoms with Crippen LogP contribution in [0.3, 0.4) is 0 Å². The molecule has 92 valence electrons. The number of nitrogens with zero attached hydrogens (tertiary/aromatic N) is 3. The number of likely N-dealkylation sites (N-methyl/N-ethyl adjacent to an activating group) is 1. The summed E-state index contributed by atoms with van der Waals surface area (Å²) in [5, 5.41) is 0. The molecule has 0 unspecified atom stereocenters. The molecule has 0 bridgehead atoms. The number of rotatable bonds is 1. The van der Waals surface area contributed by atoms with Crippen LogP contribution >= 0.6 is 22.6 Å². The van der Waals surface area contributed by atoms with Crippen LogP contribution in [0.4, 0.5) is 5.82 Å². The number of aromatic nitrogens is 2. The normalized spacial score (nSPS) is 17.2. The van der Waals surface area contributed by atoms with Crippen LogP contribution in [-0.2, 0) is 4.79 Å². The van der Waals surface area contributed by atoms with Gasteiger partial charge in [-0.3, -0.25) is 9.59 Å². The van der Waals surface area contributed by atoms with E-state index in [4.69, 9.17) is 0 Å². The molecule has 1 aromatic heterocycles. The number of anilines is 1. The number of carbonyl (C=O) groups is 1. The van der Waals surface area contributed by atoms with Crippen molar-refractivity contribution >= 4 is 34.3 Å². The van der Waals surface area contributed by atoms with Crippen LogP contribution in [0.15, 0.2) is 11.1 Å². The molecule has 0 spiro atoms. The second kappa shape index (κ2) is 5.03. The van der Waals surface area contributed by atoms with Crippen molar-refractivity contribution in [2.75, 3.05) is 31.6 Å². The molecule has 1 amide bonds. The maximum Gasteiger partial charge on any atom is 0.266 e. The van der Waals surface area contributed by atoms with Crippen LogP contribution in [0, 0.1) is 3.57 Å². The van der Waals surface area contributed by atoms with Gasteiger partial charge in [-0.05, 0) is 29.0 Å². The van der Waals surface area contributed by atoms with Crippen LogP contribution in [0.5, 0.6) is 0 Å². The standard InChI is InChI=1S/C10H13IN4O2/c1-14-3-2-4-15(5-7(14)16)9-8(11)10(17)13-6-12-9/h6H,2-5H2,1H3,(H,12,13,17).